The predicted molar refractivity (Wildman–Crippen MR) is 137 cm³/mol. The van der Waals surface area contributed by atoms with Crippen molar-refractivity contribution in [2.45, 2.75) is 109 Å². The molecule has 0 N–H and O–H groups in total. The Bertz CT molecular complexity index is 1160. The highest BCUT2D eigenvalue weighted by atomic mass is 16.8. The zero-order chi connectivity index (χ0) is 29.3. The van der Waals surface area contributed by atoms with Gasteiger partial charge in [0.05, 0.1) is 18.9 Å². The van der Waals surface area contributed by atoms with Crippen LogP contribution in [0, 0.1) is 0 Å². The number of nitrogens with zero attached hydrogens (tertiary/aromatic N) is 1. The number of ether oxygens (including phenoxy) is 8. The summed E-state index contributed by atoms with van der Waals surface area (Å²) in [6.07, 6.45) is -6.87. The van der Waals surface area contributed by atoms with Crippen LogP contribution in [0.3, 0.4) is 0 Å². The van der Waals surface area contributed by atoms with E-state index in [9.17, 15) is 14.4 Å². The lowest BCUT2D eigenvalue weighted by Crippen LogP contribution is -2.59. The molecule has 0 saturated carbocycles. The van der Waals surface area contributed by atoms with Crippen LogP contribution in [-0.2, 0) is 63.7 Å². The van der Waals surface area contributed by atoms with Gasteiger partial charge in [0.2, 0.25) is 0 Å². The first-order valence-corrected chi connectivity index (χ1v) is 13.5. The molecule has 0 spiro atoms. The fourth-order valence-electron chi connectivity index (χ4n) is 5.55. The van der Waals surface area contributed by atoms with E-state index in [0.717, 1.165) is 5.56 Å². The summed E-state index contributed by atoms with van der Waals surface area (Å²) in [5, 5.41) is 4.25. The molecule has 0 unspecified atom stereocenters. The maximum Gasteiger partial charge on any atom is 0.303 e. The van der Waals surface area contributed by atoms with E-state index >= 15 is 0 Å². The van der Waals surface area contributed by atoms with Crippen molar-refractivity contribution >= 4 is 23.6 Å². The Kier molecular flexibility index (Phi) is 8.62. The van der Waals surface area contributed by atoms with E-state index in [4.69, 9.17) is 42.7 Å². The minimum atomic E-state index is -1.14. The summed E-state index contributed by atoms with van der Waals surface area (Å²) in [4.78, 5) is 41.5. The van der Waals surface area contributed by atoms with E-state index in [2.05, 4.69) is 5.16 Å². The Morgan fingerprint density at radius 3 is 2.27 bits per heavy atom. The van der Waals surface area contributed by atoms with Crippen molar-refractivity contribution in [3.63, 3.8) is 0 Å². The van der Waals surface area contributed by atoms with Crippen LogP contribution in [0.15, 0.2) is 35.5 Å². The summed E-state index contributed by atoms with van der Waals surface area (Å²) in [7, 11) is 0. The molecule has 1 aromatic carbocycles. The minimum absolute atomic E-state index is 0.118. The van der Waals surface area contributed by atoms with Gasteiger partial charge in [-0.3, -0.25) is 14.4 Å². The smallest absolute Gasteiger partial charge is 0.303 e. The maximum atomic E-state index is 12.0. The van der Waals surface area contributed by atoms with Crippen LogP contribution in [-0.4, -0.2) is 91.1 Å². The molecule has 0 amide bonds. The number of rotatable bonds is 8. The zero-order valence-corrected chi connectivity index (χ0v) is 23.6. The molecular weight excluding hydrogens is 542 g/mol. The van der Waals surface area contributed by atoms with Gasteiger partial charge in [0.25, 0.3) is 0 Å². The van der Waals surface area contributed by atoms with Crippen LogP contribution < -0.4 is 0 Å². The van der Waals surface area contributed by atoms with Crippen molar-refractivity contribution in [2.24, 2.45) is 5.16 Å². The highest BCUT2D eigenvalue weighted by molar-refractivity contribution is 5.91. The van der Waals surface area contributed by atoms with Crippen molar-refractivity contribution in [3.8, 4) is 0 Å². The number of benzene rings is 1. The molecule has 4 aliphatic rings. The second-order valence-corrected chi connectivity index (χ2v) is 10.8. The summed E-state index contributed by atoms with van der Waals surface area (Å²) >= 11 is 0. The molecule has 0 aromatic heterocycles. The summed E-state index contributed by atoms with van der Waals surface area (Å²) in [5.74, 6) is -2.72. The van der Waals surface area contributed by atoms with Crippen LogP contribution in [0.2, 0.25) is 0 Å². The molecule has 0 aliphatic carbocycles. The van der Waals surface area contributed by atoms with E-state index < -0.39 is 78.8 Å². The molecular formula is C28H35NO12. The van der Waals surface area contributed by atoms with E-state index in [1.165, 1.54) is 20.8 Å². The molecule has 3 fully saturated rings. The Labute approximate surface area is 237 Å². The Morgan fingerprint density at radius 1 is 0.902 bits per heavy atom. The normalized spacial score (nSPS) is 35.6. The van der Waals surface area contributed by atoms with Gasteiger partial charge in [-0.25, -0.2) is 0 Å². The first-order valence-electron chi connectivity index (χ1n) is 13.5. The van der Waals surface area contributed by atoms with Gasteiger partial charge in [-0.1, -0.05) is 35.5 Å². The fourth-order valence-corrected chi connectivity index (χ4v) is 5.55. The van der Waals surface area contributed by atoms with Gasteiger partial charge in [0.15, 0.2) is 36.5 Å². The van der Waals surface area contributed by atoms with Crippen LogP contribution in [0.25, 0.3) is 0 Å². The zero-order valence-electron chi connectivity index (χ0n) is 23.6. The SMILES string of the molecule is CC(=O)O[C@@H]1[C@@H](OC(C)=O)[C@H](C2=NO[C@H]([C@H]3O[C@@H]4OC(C)(C)O[C@@H]4[C@H]3OCc3ccccc3)C2)OC[C@H]1OC(C)=O. The molecule has 4 aliphatic heterocycles. The van der Waals surface area contributed by atoms with Crippen LogP contribution in [0.4, 0.5) is 0 Å². The Balaban J connectivity index is 1.32. The number of fused-ring (bicyclic) bond motifs is 1. The lowest BCUT2D eigenvalue weighted by molar-refractivity contribution is -0.232. The molecule has 0 radical (unpaired) electrons. The van der Waals surface area contributed by atoms with E-state index in [1.807, 2.05) is 44.2 Å². The molecule has 3 saturated heterocycles. The lowest BCUT2D eigenvalue weighted by atomic mass is 9.92. The second kappa shape index (κ2) is 12.0. The van der Waals surface area contributed by atoms with Crippen molar-refractivity contribution in [1.29, 1.82) is 0 Å². The highest BCUT2D eigenvalue weighted by Crippen LogP contribution is 2.42. The van der Waals surface area contributed by atoms with Gasteiger partial charge in [0, 0.05) is 27.2 Å². The summed E-state index contributed by atoms with van der Waals surface area (Å²) in [6.45, 7) is 7.47. The van der Waals surface area contributed by atoms with Crippen molar-refractivity contribution in [1.82, 2.24) is 0 Å². The Hall–Kier alpha value is -3.10. The highest BCUT2D eigenvalue weighted by Gasteiger charge is 2.59. The number of carbonyl (C=O) groups excluding carboxylic acids is 3. The van der Waals surface area contributed by atoms with Crippen molar-refractivity contribution in [2.75, 3.05) is 6.61 Å². The third kappa shape index (κ3) is 6.70. The third-order valence-electron chi connectivity index (χ3n) is 7.07. The minimum Gasteiger partial charge on any atom is -0.456 e. The standard InChI is InChI=1S/C28H35NO12/c1-14(30)35-20-13-34-21(25(37-16(3)32)23(20)36-15(2)31)18-11-19(41-29-18)22-24(33-12-17-9-7-6-8-10-17)26-27(38-22)40-28(4,5)39-26/h6-10,19-27H,11-13H2,1-5H3/t19-,20+,21-,22+,23-,24-,25-,26+,27+/m0/s1. The number of hydrogen-bond acceptors (Lipinski definition) is 13. The molecule has 224 valence electrons. The molecule has 0 bridgehead atoms. The first-order chi connectivity index (χ1) is 19.5. The van der Waals surface area contributed by atoms with Gasteiger partial charge in [-0.2, -0.15) is 0 Å². The molecule has 9 atom stereocenters. The summed E-state index contributed by atoms with van der Waals surface area (Å²) in [5.41, 5.74) is 1.39. The topological polar surface area (TPSA) is 147 Å². The van der Waals surface area contributed by atoms with E-state index in [1.54, 1.807) is 0 Å². The average Bonchev–Trinajstić information content (AvgIpc) is 3.57. The maximum absolute atomic E-state index is 12.0. The number of esters is 3. The van der Waals surface area contributed by atoms with E-state index in [0.29, 0.717) is 12.3 Å². The number of oxime groups is 1. The fraction of sp³-hybridized carbons (Fsp3) is 0.643. The molecule has 41 heavy (non-hydrogen) atoms. The van der Waals surface area contributed by atoms with Gasteiger partial charge in [-0.15, -0.1) is 0 Å². The molecule has 13 nitrogen and oxygen atoms in total. The van der Waals surface area contributed by atoms with Crippen molar-refractivity contribution in [3.05, 3.63) is 35.9 Å². The first kappa shape index (κ1) is 29.4. The average molecular weight is 578 g/mol. The van der Waals surface area contributed by atoms with Gasteiger partial charge >= 0.3 is 17.9 Å². The van der Waals surface area contributed by atoms with Gasteiger partial charge in [0.1, 0.15) is 24.4 Å². The number of hydrogen-bond donors (Lipinski definition) is 0. The van der Waals surface area contributed by atoms with Crippen molar-refractivity contribution < 1.29 is 57.1 Å². The second-order valence-electron chi connectivity index (χ2n) is 10.8. The Morgan fingerprint density at radius 2 is 1.59 bits per heavy atom. The van der Waals surface area contributed by atoms with Gasteiger partial charge in [-0.05, 0) is 19.4 Å². The van der Waals surface area contributed by atoms with Gasteiger partial charge < -0.3 is 42.7 Å². The quantitative estimate of drug-likeness (QED) is 0.328. The molecule has 1 aromatic rings. The molecule has 13 heteroatoms. The van der Waals surface area contributed by atoms with E-state index in [-0.39, 0.29) is 13.0 Å². The molecule has 5 rings (SSSR count). The monoisotopic (exact) mass is 577 g/mol. The summed E-state index contributed by atoms with van der Waals surface area (Å²) in [6, 6.07) is 9.72. The largest absolute Gasteiger partial charge is 0.456 e. The number of carbonyl (C=O) groups is 3. The third-order valence-corrected chi connectivity index (χ3v) is 7.07. The van der Waals surface area contributed by atoms with Crippen LogP contribution in [0.5, 0.6) is 0 Å². The molecule has 4 heterocycles. The predicted octanol–water partition coefficient (Wildman–Crippen LogP) is 1.79. The lowest BCUT2D eigenvalue weighted by Gasteiger charge is -2.40. The summed E-state index contributed by atoms with van der Waals surface area (Å²) < 4.78 is 46.9. The van der Waals surface area contributed by atoms with Crippen LogP contribution >= 0.6 is 0 Å². The van der Waals surface area contributed by atoms with Crippen LogP contribution in [0.1, 0.15) is 46.6 Å².